The standard InChI is InChI=1S/C8H11NO3/c10-7-3-2-6-5(9-7)1-4-8(11)12-6/h5-6H,1-4H2,(H,9,10)/t5-,6-/m0/s1. The molecule has 0 aromatic heterocycles. The van der Waals surface area contributed by atoms with Crippen LogP contribution in [0.1, 0.15) is 25.7 Å². The molecular formula is C8H11NO3. The fourth-order valence-corrected chi connectivity index (χ4v) is 1.75. The van der Waals surface area contributed by atoms with Gasteiger partial charge < -0.3 is 10.1 Å². The second-order valence-corrected chi connectivity index (χ2v) is 3.28. The molecule has 0 aromatic rings. The number of carbonyl (C=O) groups is 2. The Morgan fingerprint density at radius 2 is 2.08 bits per heavy atom. The van der Waals surface area contributed by atoms with Crippen molar-refractivity contribution in [1.29, 1.82) is 0 Å². The lowest BCUT2D eigenvalue weighted by atomic mass is 9.94. The third kappa shape index (κ3) is 1.29. The number of hydrogen-bond donors (Lipinski definition) is 1. The van der Waals surface area contributed by atoms with Crippen LogP contribution in [-0.4, -0.2) is 24.0 Å². The van der Waals surface area contributed by atoms with Gasteiger partial charge in [0.25, 0.3) is 0 Å². The Balaban J connectivity index is 2.02. The summed E-state index contributed by atoms with van der Waals surface area (Å²) in [6.07, 6.45) is 2.26. The van der Waals surface area contributed by atoms with Gasteiger partial charge in [-0.05, 0) is 12.8 Å². The SMILES string of the molecule is O=C1CC[C@@H]2OC(=O)CC[C@@H]2N1. The largest absolute Gasteiger partial charge is 0.460 e. The molecule has 0 radical (unpaired) electrons. The third-order valence-corrected chi connectivity index (χ3v) is 2.39. The van der Waals surface area contributed by atoms with Gasteiger partial charge in [0.15, 0.2) is 0 Å². The van der Waals surface area contributed by atoms with Crippen LogP contribution in [0.15, 0.2) is 0 Å². The summed E-state index contributed by atoms with van der Waals surface area (Å²) in [6, 6.07) is 0.0731. The molecule has 0 unspecified atom stereocenters. The van der Waals surface area contributed by atoms with Gasteiger partial charge in [0.2, 0.25) is 5.91 Å². The number of carbonyl (C=O) groups excluding carboxylic acids is 2. The summed E-state index contributed by atoms with van der Waals surface area (Å²) in [7, 11) is 0. The molecule has 1 N–H and O–H groups in total. The van der Waals surface area contributed by atoms with E-state index in [9.17, 15) is 9.59 Å². The number of nitrogens with one attached hydrogen (secondary N) is 1. The second-order valence-electron chi connectivity index (χ2n) is 3.28. The molecule has 0 spiro atoms. The van der Waals surface area contributed by atoms with Crippen LogP contribution in [0.3, 0.4) is 0 Å². The maximum atomic E-state index is 10.9. The highest BCUT2D eigenvalue weighted by Gasteiger charge is 2.34. The van der Waals surface area contributed by atoms with Crippen LogP contribution in [0.4, 0.5) is 0 Å². The molecule has 2 heterocycles. The molecular weight excluding hydrogens is 158 g/mol. The molecule has 2 rings (SSSR count). The lowest BCUT2D eigenvalue weighted by molar-refractivity contribution is -0.160. The molecule has 4 heteroatoms. The molecule has 2 aliphatic heterocycles. The summed E-state index contributed by atoms with van der Waals surface area (Å²) in [4.78, 5) is 21.8. The van der Waals surface area contributed by atoms with E-state index in [2.05, 4.69) is 5.32 Å². The van der Waals surface area contributed by atoms with E-state index in [0.29, 0.717) is 19.3 Å². The molecule has 0 bridgehead atoms. The lowest BCUT2D eigenvalue weighted by Crippen LogP contribution is -2.52. The molecule has 2 saturated heterocycles. The average Bonchev–Trinajstić information content (AvgIpc) is 2.05. The van der Waals surface area contributed by atoms with Crippen molar-refractivity contribution in [3.63, 3.8) is 0 Å². The number of amides is 1. The van der Waals surface area contributed by atoms with Crippen LogP contribution < -0.4 is 5.32 Å². The monoisotopic (exact) mass is 169 g/mol. The van der Waals surface area contributed by atoms with Crippen LogP contribution >= 0.6 is 0 Å². The van der Waals surface area contributed by atoms with Crippen molar-refractivity contribution in [2.75, 3.05) is 0 Å². The average molecular weight is 169 g/mol. The van der Waals surface area contributed by atoms with E-state index >= 15 is 0 Å². The van der Waals surface area contributed by atoms with E-state index in [0.717, 1.165) is 6.42 Å². The highest BCUT2D eigenvalue weighted by molar-refractivity contribution is 5.78. The molecule has 2 aliphatic rings. The van der Waals surface area contributed by atoms with Crippen molar-refractivity contribution in [3.8, 4) is 0 Å². The number of rotatable bonds is 0. The van der Waals surface area contributed by atoms with E-state index in [1.807, 2.05) is 0 Å². The molecule has 12 heavy (non-hydrogen) atoms. The maximum absolute atomic E-state index is 10.9. The topological polar surface area (TPSA) is 55.4 Å². The summed E-state index contributed by atoms with van der Waals surface area (Å²) in [5, 5.41) is 2.82. The van der Waals surface area contributed by atoms with E-state index in [1.165, 1.54) is 0 Å². The number of hydrogen-bond acceptors (Lipinski definition) is 3. The summed E-state index contributed by atoms with van der Waals surface area (Å²) in [5.41, 5.74) is 0. The van der Waals surface area contributed by atoms with E-state index in [-0.39, 0.29) is 24.0 Å². The molecule has 0 aliphatic carbocycles. The van der Waals surface area contributed by atoms with Crippen molar-refractivity contribution < 1.29 is 14.3 Å². The van der Waals surface area contributed by atoms with Crippen LogP contribution in [0, 0.1) is 0 Å². The van der Waals surface area contributed by atoms with Crippen LogP contribution in [-0.2, 0) is 14.3 Å². The third-order valence-electron chi connectivity index (χ3n) is 2.39. The summed E-state index contributed by atoms with van der Waals surface area (Å²) >= 11 is 0. The zero-order chi connectivity index (χ0) is 8.55. The Kier molecular flexibility index (Phi) is 1.75. The first-order valence-corrected chi connectivity index (χ1v) is 4.24. The van der Waals surface area contributed by atoms with E-state index in [1.54, 1.807) is 0 Å². The number of fused-ring (bicyclic) bond motifs is 1. The van der Waals surface area contributed by atoms with Gasteiger partial charge in [0, 0.05) is 12.8 Å². The Morgan fingerprint density at radius 3 is 2.92 bits per heavy atom. The van der Waals surface area contributed by atoms with Crippen molar-refractivity contribution in [3.05, 3.63) is 0 Å². The minimum Gasteiger partial charge on any atom is -0.460 e. The normalized spacial score (nSPS) is 35.0. The smallest absolute Gasteiger partial charge is 0.306 e. The predicted octanol–water partition coefficient (Wildman–Crippen LogP) is -0.0294. The first-order valence-electron chi connectivity index (χ1n) is 4.24. The fraction of sp³-hybridized carbons (Fsp3) is 0.750. The van der Waals surface area contributed by atoms with E-state index < -0.39 is 0 Å². The van der Waals surface area contributed by atoms with E-state index in [4.69, 9.17) is 4.74 Å². The zero-order valence-corrected chi connectivity index (χ0v) is 6.71. The minimum absolute atomic E-state index is 0.0658. The van der Waals surface area contributed by atoms with Crippen molar-refractivity contribution in [2.45, 2.75) is 37.8 Å². The first-order chi connectivity index (χ1) is 5.75. The van der Waals surface area contributed by atoms with Gasteiger partial charge >= 0.3 is 5.97 Å². The molecule has 1 amide bonds. The lowest BCUT2D eigenvalue weighted by Gasteiger charge is -2.34. The zero-order valence-electron chi connectivity index (χ0n) is 6.71. The first kappa shape index (κ1) is 7.58. The van der Waals surface area contributed by atoms with Crippen molar-refractivity contribution >= 4 is 11.9 Å². The van der Waals surface area contributed by atoms with Gasteiger partial charge in [-0.15, -0.1) is 0 Å². The molecule has 2 fully saturated rings. The quantitative estimate of drug-likeness (QED) is 0.518. The van der Waals surface area contributed by atoms with Gasteiger partial charge in [-0.25, -0.2) is 0 Å². The van der Waals surface area contributed by atoms with Crippen LogP contribution in [0.5, 0.6) is 0 Å². The highest BCUT2D eigenvalue weighted by atomic mass is 16.5. The molecule has 4 nitrogen and oxygen atoms in total. The van der Waals surface area contributed by atoms with Gasteiger partial charge in [-0.2, -0.15) is 0 Å². The van der Waals surface area contributed by atoms with Gasteiger partial charge in [0.05, 0.1) is 6.04 Å². The van der Waals surface area contributed by atoms with Crippen molar-refractivity contribution in [1.82, 2.24) is 5.32 Å². The van der Waals surface area contributed by atoms with Gasteiger partial charge in [0.1, 0.15) is 6.10 Å². The summed E-state index contributed by atoms with van der Waals surface area (Å²) < 4.78 is 5.08. The van der Waals surface area contributed by atoms with Crippen LogP contribution in [0.2, 0.25) is 0 Å². The molecule has 2 atom stereocenters. The Hall–Kier alpha value is -1.06. The number of piperidine rings is 1. The molecule has 66 valence electrons. The van der Waals surface area contributed by atoms with Gasteiger partial charge in [-0.1, -0.05) is 0 Å². The Morgan fingerprint density at radius 1 is 1.25 bits per heavy atom. The molecule has 0 saturated carbocycles. The van der Waals surface area contributed by atoms with Gasteiger partial charge in [-0.3, -0.25) is 9.59 Å². The summed E-state index contributed by atoms with van der Waals surface area (Å²) in [5.74, 6) is -0.0541. The Bertz CT molecular complexity index is 202. The number of ether oxygens (including phenoxy) is 1. The van der Waals surface area contributed by atoms with Crippen LogP contribution in [0.25, 0.3) is 0 Å². The minimum atomic E-state index is -0.132. The van der Waals surface area contributed by atoms with Crippen molar-refractivity contribution in [2.24, 2.45) is 0 Å². The Labute approximate surface area is 70.3 Å². The highest BCUT2D eigenvalue weighted by Crippen LogP contribution is 2.22. The fourth-order valence-electron chi connectivity index (χ4n) is 1.75. The predicted molar refractivity (Wildman–Crippen MR) is 40.3 cm³/mol. The maximum Gasteiger partial charge on any atom is 0.306 e. The second kappa shape index (κ2) is 2.77. The molecule has 0 aromatic carbocycles. The summed E-state index contributed by atoms with van der Waals surface area (Å²) in [6.45, 7) is 0. The number of esters is 1.